The Hall–Kier alpha value is -1.38. The Bertz CT molecular complexity index is 488. The molecular formula is C24H42N2O. The molecule has 3 atom stereocenters. The van der Waals surface area contributed by atoms with Crippen molar-refractivity contribution in [3.63, 3.8) is 0 Å². The van der Waals surface area contributed by atoms with Crippen LogP contribution in [0.3, 0.4) is 0 Å². The summed E-state index contributed by atoms with van der Waals surface area (Å²) in [5.41, 5.74) is 0. The molecule has 0 spiro atoms. The topological polar surface area (TPSA) is 42.0 Å². The maximum Gasteiger partial charge on any atom is 0.225 e. The molecule has 3 unspecified atom stereocenters. The van der Waals surface area contributed by atoms with E-state index in [1.165, 1.54) is 64.2 Å². The van der Waals surface area contributed by atoms with Gasteiger partial charge in [0, 0.05) is 12.6 Å². The monoisotopic (exact) mass is 374 g/mol. The molecule has 1 N–H and O–H groups in total. The molecule has 0 fully saturated rings. The summed E-state index contributed by atoms with van der Waals surface area (Å²) in [4.78, 5) is 16.7. The predicted octanol–water partition coefficient (Wildman–Crippen LogP) is 7.24. The molecule has 1 rings (SSSR count). The van der Waals surface area contributed by atoms with Crippen LogP contribution in [0, 0.1) is 17.8 Å². The number of anilines is 1. The zero-order chi connectivity index (χ0) is 19.9. The van der Waals surface area contributed by atoms with Crippen LogP contribution in [0.4, 0.5) is 5.82 Å². The van der Waals surface area contributed by atoms with Gasteiger partial charge < -0.3 is 5.32 Å². The van der Waals surface area contributed by atoms with E-state index in [9.17, 15) is 4.79 Å². The van der Waals surface area contributed by atoms with Gasteiger partial charge in [0.2, 0.25) is 5.91 Å². The Morgan fingerprint density at radius 3 is 2.22 bits per heavy atom. The lowest BCUT2D eigenvalue weighted by Crippen LogP contribution is -2.18. The third-order valence-corrected chi connectivity index (χ3v) is 5.60. The minimum absolute atomic E-state index is 0.112. The lowest BCUT2D eigenvalue weighted by Gasteiger charge is -2.19. The van der Waals surface area contributed by atoms with Gasteiger partial charge in [0.1, 0.15) is 5.82 Å². The number of amides is 1. The molecule has 1 heterocycles. The van der Waals surface area contributed by atoms with E-state index in [4.69, 9.17) is 0 Å². The summed E-state index contributed by atoms with van der Waals surface area (Å²) >= 11 is 0. The molecule has 0 aliphatic carbocycles. The quantitative estimate of drug-likeness (QED) is 0.329. The predicted molar refractivity (Wildman–Crippen MR) is 117 cm³/mol. The lowest BCUT2D eigenvalue weighted by molar-refractivity contribution is -0.117. The normalized spacial score (nSPS) is 14.5. The Kier molecular flexibility index (Phi) is 12.8. The summed E-state index contributed by atoms with van der Waals surface area (Å²) in [6, 6.07) is 5.63. The molecule has 0 saturated carbocycles. The summed E-state index contributed by atoms with van der Waals surface area (Å²) in [7, 11) is 0. The highest BCUT2D eigenvalue weighted by Gasteiger charge is 2.16. The highest BCUT2D eigenvalue weighted by atomic mass is 16.1. The average Bonchev–Trinajstić information content (AvgIpc) is 2.64. The smallest absolute Gasteiger partial charge is 0.225 e. The van der Waals surface area contributed by atoms with E-state index in [1.54, 1.807) is 6.20 Å². The fraction of sp³-hybridized carbons (Fsp3) is 0.750. The number of unbranched alkanes of at least 4 members (excludes halogenated alkanes) is 1. The number of pyridine rings is 1. The van der Waals surface area contributed by atoms with Gasteiger partial charge in [0.25, 0.3) is 0 Å². The van der Waals surface area contributed by atoms with Crippen molar-refractivity contribution in [1.82, 2.24) is 4.98 Å². The molecule has 0 aliphatic rings. The molecule has 0 bridgehead atoms. The zero-order valence-electron chi connectivity index (χ0n) is 18.2. The van der Waals surface area contributed by atoms with E-state index in [1.807, 2.05) is 18.2 Å². The molecular weight excluding hydrogens is 332 g/mol. The van der Waals surface area contributed by atoms with Gasteiger partial charge in [0.05, 0.1) is 0 Å². The number of carbonyl (C=O) groups excluding carboxylic acids is 1. The van der Waals surface area contributed by atoms with Gasteiger partial charge >= 0.3 is 0 Å². The van der Waals surface area contributed by atoms with E-state index < -0.39 is 0 Å². The van der Waals surface area contributed by atoms with Gasteiger partial charge in [-0.1, -0.05) is 85.1 Å². The molecule has 154 valence electrons. The Balaban J connectivity index is 2.44. The molecule has 27 heavy (non-hydrogen) atoms. The van der Waals surface area contributed by atoms with Gasteiger partial charge in [-0.15, -0.1) is 0 Å². The van der Waals surface area contributed by atoms with Crippen LogP contribution in [0.25, 0.3) is 0 Å². The minimum atomic E-state index is 0.112. The third kappa shape index (κ3) is 11.8. The molecule has 3 nitrogen and oxygen atoms in total. The summed E-state index contributed by atoms with van der Waals surface area (Å²) in [5, 5.41) is 2.96. The van der Waals surface area contributed by atoms with Crippen molar-refractivity contribution in [2.75, 3.05) is 5.32 Å². The Morgan fingerprint density at radius 2 is 1.59 bits per heavy atom. The molecule has 0 saturated heterocycles. The number of carbonyl (C=O) groups is 1. The number of aromatic nitrogens is 1. The highest BCUT2D eigenvalue weighted by molar-refractivity contribution is 5.89. The van der Waals surface area contributed by atoms with Crippen LogP contribution in [0.1, 0.15) is 98.3 Å². The van der Waals surface area contributed by atoms with Crippen LogP contribution < -0.4 is 5.32 Å². The van der Waals surface area contributed by atoms with Crippen LogP contribution in [-0.4, -0.2) is 10.9 Å². The van der Waals surface area contributed by atoms with Crippen molar-refractivity contribution in [3.8, 4) is 0 Å². The summed E-state index contributed by atoms with van der Waals surface area (Å²) < 4.78 is 0. The molecule has 0 aliphatic heterocycles. The minimum Gasteiger partial charge on any atom is -0.311 e. The van der Waals surface area contributed by atoms with E-state index in [0.717, 1.165) is 11.8 Å². The van der Waals surface area contributed by atoms with E-state index in [2.05, 4.69) is 38.0 Å². The van der Waals surface area contributed by atoms with Gasteiger partial charge in [-0.05, 0) is 42.7 Å². The number of rotatable bonds is 15. The van der Waals surface area contributed by atoms with Crippen molar-refractivity contribution < 1.29 is 4.79 Å². The molecule has 1 aromatic heterocycles. The molecule has 3 heteroatoms. The fourth-order valence-electron chi connectivity index (χ4n) is 3.96. The lowest BCUT2D eigenvalue weighted by atomic mass is 9.87. The van der Waals surface area contributed by atoms with E-state index >= 15 is 0 Å². The standard InChI is InChI=1S/C24H42N2O/c1-5-11-20(3)13-7-8-14-22(17-16-21(4)12-6-2)19-24(27)26-23-15-9-10-18-25-23/h9-10,15,18,20-22H,5-8,11-14,16-17,19H2,1-4H3,(H,25,26,27). The summed E-state index contributed by atoms with van der Waals surface area (Å²) in [6.45, 7) is 9.24. The van der Waals surface area contributed by atoms with Gasteiger partial charge in [0.15, 0.2) is 0 Å². The second-order valence-corrected chi connectivity index (χ2v) is 8.48. The van der Waals surface area contributed by atoms with Crippen molar-refractivity contribution in [1.29, 1.82) is 0 Å². The molecule has 1 aromatic rings. The van der Waals surface area contributed by atoms with Crippen LogP contribution in [0.5, 0.6) is 0 Å². The van der Waals surface area contributed by atoms with E-state index in [-0.39, 0.29) is 5.91 Å². The first-order chi connectivity index (χ1) is 13.0. The fourth-order valence-corrected chi connectivity index (χ4v) is 3.96. The zero-order valence-corrected chi connectivity index (χ0v) is 18.2. The maximum absolute atomic E-state index is 12.5. The first-order valence-corrected chi connectivity index (χ1v) is 11.3. The number of nitrogens with zero attached hydrogens (tertiary/aromatic N) is 1. The number of nitrogens with one attached hydrogen (secondary N) is 1. The van der Waals surface area contributed by atoms with Gasteiger partial charge in [-0.3, -0.25) is 4.79 Å². The van der Waals surface area contributed by atoms with Crippen molar-refractivity contribution >= 4 is 11.7 Å². The Labute approximate surface area is 167 Å². The van der Waals surface area contributed by atoms with Crippen LogP contribution in [0.2, 0.25) is 0 Å². The Morgan fingerprint density at radius 1 is 0.926 bits per heavy atom. The largest absolute Gasteiger partial charge is 0.311 e. The summed E-state index contributed by atoms with van der Waals surface area (Å²) in [6.07, 6.45) is 15.0. The molecule has 0 radical (unpaired) electrons. The first-order valence-electron chi connectivity index (χ1n) is 11.3. The van der Waals surface area contributed by atoms with Crippen LogP contribution >= 0.6 is 0 Å². The second kappa shape index (κ2) is 14.6. The third-order valence-electron chi connectivity index (χ3n) is 5.60. The van der Waals surface area contributed by atoms with Crippen LogP contribution in [0.15, 0.2) is 24.4 Å². The summed E-state index contributed by atoms with van der Waals surface area (Å²) in [5.74, 6) is 2.87. The number of hydrogen-bond donors (Lipinski definition) is 1. The second-order valence-electron chi connectivity index (χ2n) is 8.48. The van der Waals surface area contributed by atoms with Gasteiger partial charge in [-0.25, -0.2) is 4.98 Å². The van der Waals surface area contributed by atoms with Crippen molar-refractivity contribution in [2.24, 2.45) is 17.8 Å². The van der Waals surface area contributed by atoms with E-state index in [0.29, 0.717) is 18.2 Å². The van der Waals surface area contributed by atoms with Crippen molar-refractivity contribution in [3.05, 3.63) is 24.4 Å². The molecule has 0 aromatic carbocycles. The van der Waals surface area contributed by atoms with Crippen LogP contribution in [-0.2, 0) is 4.79 Å². The van der Waals surface area contributed by atoms with Crippen molar-refractivity contribution in [2.45, 2.75) is 98.3 Å². The molecule has 1 amide bonds. The SMILES string of the molecule is CCCC(C)CCCCC(CCC(C)CCC)CC(=O)Nc1ccccn1. The first kappa shape index (κ1) is 23.7. The highest BCUT2D eigenvalue weighted by Crippen LogP contribution is 2.25. The maximum atomic E-state index is 12.5. The average molecular weight is 375 g/mol. The number of hydrogen-bond acceptors (Lipinski definition) is 2. The van der Waals surface area contributed by atoms with Gasteiger partial charge in [-0.2, -0.15) is 0 Å².